The van der Waals surface area contributed by atoms with Crippen LogP contribution in [0.3, 0.4) is 0 Å². The zero-order valence-corrected chi connectivity index (χ0v) is 14.8. The van der Waals surface area contributed by atoms with Crippen molar-refractivity contribution in [3.63, 3.8) is 0 Å². The Morgan fingerprint density at radius 1 is 1.39 bits per heavy atom. The van der Waals surface area contributed by atoms with Gasteiger partial charge in [-0.3, -0.25) is 0 Å². The number of rotatable bonds is 7. The molecule has 23 heavy (non-hydrogen) atoms. The van der Waals surface area contributed by atoms with Gasteiger partial charge in [-0.15, -0.1) is 10.2 Å². The fourth-order valence-corrected chi connectivity index (χ4v) is 4.80. The third-order valence-electron chi connectivity index (χ3n) is 3.59. The number of likely N-dealkylation sites (N-methyl/N-ethyl adjacent to an activating group) is 1. The molecule has 2 atom stereocenters. The number of sulfone groups is 1. The zero-order chi connectivity index (χ0) is 17.2. The topological polar surface area (TPSA) is 113 Å². The fraction of sp³-hybridized carbons (Fsp3) is 0.750. The Balaban J connectivity index is 2.25. The number of aromatic nitrogens is 2. The van der Waals surface area contributed by atoms with Gasteiger partial charge in [0.05, 0.1) is 12.4 Å². The molecule has 1 aliphatic heterocycles. The van der Waals surface area contributed by atoms with Crippen molar-refractivity contribution in [1.29, 1.82) is 0 Å². The fourth-order valence-electron chi connectivity index (χ4n) is 2.21. The molecule has 1 fully saturated rings. The van der Waals surface area contributed by atoms with Gasteiger partial charge in [0.1, 0.15) is 6.04 Å². The van der Waals surface area contributed by atoms with Crippen molar-refractivity contribution in [1.82, 2.24) is 15.1 Å². The van der Waals surface area contributed by atoms with E-state index in [1.165, 1.54) is 19.1 Å². The summed E-state index contributed by atoms with van der Waals surface area (Å²) in [5, 5.41) is 17.8. The second-order valence-electron chi connectivity index (χ2n) is 5.22. The van der Waals surface area contributed by atoms with E-state index in [9.17, 15) is 18.3 Å². The Labute approximate surface area is 138 Å². The van der Waals surface area contributed by atoms with Gasteiger partial charge in [0.25, 0.3) is 0 Å². The van der Waals surface area contributed by atoms with Crippen LogP contribution in [-0.2, 0) is 14.6 Å². The molecule has 0 bridgehead atoms. The molecule has 0 spiro atoms. The Bertz CT molecular complexity index is 662. The van der Waals surface area contributed by atoms with Crippen LogP contribution in [0.4, 0.5) is 9.93 Å². The number of amides is 2. The quantitative estimate of drug-likeness (QED) is 0.693. The summed E-state index contributed by atoms with van der Waals surface area (Å²) in [5.74, 6) is -0.0131. The number of urea groups is 1. The first-order valence-corrected chi connectivity index (χ1v) is 9.59. The van der Waals surface area contributed by atoms with Gasteiger partial charge in [0, 0.05) is 14.2 Å². The molecule has 1 aromatic heterocycles. The van der Waals surface area contributed by atoms with Gasteiger partial charge in [-0.2, -0.15) is 0 Å². The van der Waals surface area contributed by atoms with E-state index in [0.29, 0.717) is 6.42 Å². The van der Waals surface area contributed by atoms with Crippen molar-refractivity contribution in [3.8, 4) is 0 Å². The van der Waals surface area contributed by atoms with Gasteiger partial charge in [0.15, 0.2) is 6.23 Å². The highest BCUT2D eigenvalue weighted by atomic mass is 32.2. The Hall–Kier alpha value is -1.30. The summed E-state index contributed by atoms with van der Waals surface area (Å²) in [6.45, 7) is 2.05. The SMILES string of the molecule is CCCCS(=O)(=O)c1nnc(N2C(=O)N(C)C(COC)C2O)s1. The number of hydrogen-bond acceptors (Lipinski definition) is 8. The second kappa shape index (κ2) is 7.07. The number of carbonyl (C=O) groups is 1. The summed E-state index contributed by atoms with van der Waals surface area (Å²) in [6.07, 6.45) is 0.102. The van der Waals surface area contributed by atoms with E-state index in [1.807, 2.05) is 6.92 Å². The molecular weight excluding hydrogens is 344 g/mol. The van der Waals surface area contributed by atoms with Crippen LogP contribution in [0.2, 0.25) is 0 Å². The Morgan fingerprint density at radius 3 is 2.70 bits per heavy atom. The summed E-state index contributed by atoms with van der Waals surface area (Å²) in [7, 11) is -0.510. The van der Waals surface area contributed by atoms with Crippen LogP contribution in [0.1, 0.15) is 19.8 Å². The summed E-state index contributed by atoms with van der Waals surface area (Å²) in [6, 6.07) is -1.04. The number of aliphatic hydroxyl groups is 1. The van der Waals surface area contributed by atoms with Crippen molar-refractivity contribution in [2.75, 3.05) is 31.4 Å². The average molecular weight is 364 g/mol. The van der Waals surface area contributed by atoms with Gasteiger partial charge < -0.3 is 14.7 Å². The lowest BCUT2D eigenvalue weighted by Crippen LogP contribution is -2.39. The van der Waals surface area contributed by atoms with Gasteiger partial charge in [-0.05, 0) is 6.42 Å². The average Bonchev–Trinajstić information content (AvgIpc) is 3.06. The zero-order valence-electron chi connectivity index (χ0n) is 13.2. The maximum Gasteiger partial charge on any atom is 0.328 e. The lowest BCUT2D eigenvalue weighted by atomic mass is 10.3. The Kier molecular flexibility index (Phi) is 5.55. The van der Waals surface area contributed by atoms with Crippen LogP contribution >= 0.6 is 11.3 Å². The number of carbonyl (C=O) groups excluding carboxylic acids is 1. The highest BCUT2D eigenvalue weighted by molar-refractivity contribution is 7.93. The highest BCUT2D eigenvalue weighted by Gasteiger charge is 2.45. The summed E-state index contributed by atoms with van der Waals surface area (Å²) in [4.78, 5) is 14.6. The number of ether oxygens (including phenoxy) is 1. The van der Waals surface area contributed by atoms with Crippen molar-refractivity contribution < 1.29 is 23.1 Å². The van der Waals surface area contributed by atoms with Crippen molar-refractivity contribution >= 4 is 32.3 Å². The molecule has 2 unspecified atom stereocenters. The Morgan fingerprint density at radius 2 is 2.09 bits per heavy atom. The number of nitrogens with zero attached hydrogens (tertiary/aromatic N) is 4. The minimum Gasteiger partial charge on any atom is -0.382 e. The van der Waals surface area contributed by atoms with Gasteiger partial charge in [-0.1, -0.05) is 24.7 Å². The number of anilines is 1. The van der Waals surface area contributed by atoms with Gasteiger partial charge in [0.2, 0.25) is 19.3 Å². The van der Waals surface area contributed by atoms with Gasteiger partial charge >= 0.3 is 6.03 Å². The molecule has 0 aromatic carbocycles. The summed E-state index contributed by atoms with van der Waals surface area (Å²) in [5.41, 5.74) is 0. The molecular formula is C12H20N4O5S2. The molecule has 2 amide bonds. The minimum absolute atomic E-state index is 0.0131. The molecule has 0 radical (unpaired) electrons. The molecule has 11 heteroatoms. The molecule has 0 saturated carbocycles. The lowest BCUT2D eigenvalue weighted by molar-refractivity contribution is 0.0633. The van der Waals surface area contributed by atoms with Crippen LogP contribution < -0.4 is 4.90 Å². The van der Waals surface area contributed by atoms with E-state index < -0.39 is 28.1 Å². The van der Waals surface area contributed by atoms with E-state index in [0.717, 1.165) is 22.7 Å². The molecule has 9 nitrogen and oxygen atoms in total. The maximum absolute atomic E-state index is 12.3. The third kappa shape index (κ3) is 3.47. The normalized spacial score (nSPS) is 22.2. The summed E-state index contributed by atoms with van der Waals surface area (Å²) >= 11 is 0.785. The first kappa shape index (κ1) is 18.0. The van der Waals surface area contributed by atoms with Crippen molar-refractivity contribution in [3.05, 3.63) is 0 Å². The first-order chi connectivity index (χ1) is 10.8. The van der Waals surface area contributed by atoms with Gasteiger partial charge in [-0.25, -0.2) is 18.1 Å². The maximum atomic E-state index is 12.3. The highest BCUT2D eigenvalue weighted by Crippen LogP contribution is 2.31. The monoisotopic (exact) mass is 364 g/mol. The molecule has 1 aromatic rings. The minimum atomic E-state index is -3.52. The van der Waals surface area contributed by atoms with E-state index in [1.54, 1.807) is 0 Å². The number of methoxy groups -OCH3 is 1. The van der Waals surface area contributed by atoms with Crippen molar-refractivity contribution in [2.45, 2.75) is 36.4 Å². The van der Waals surface area contributed by atoms with Crippen molar-refractivity contribution in [2.24, 2.45) is 0 Å². The molecule has 1 saturated heterocycles. The molecule has 1 N–H and O–H groups in total. The smallest absolute Gasteiger partial charge is 0.328 e. The number of aliphatic hydroxyl groups excluding tert-OH is 1. The summed E-state index contributed by atoms with van der Waals surface area (Å²) < 4.78 is 29.1. The van der Waals surface area contributed by atoms with Crippen LogP contribution in [0, 0.1) is 0 Å². The van der Waals surface area contributed by atoms with Crippen LogP contribution in [0.25, 0.3) is 0 Å². The van der Waals surface area contributed by atoms with Crippen LogP contribution in [0.5, 0.6) is 0 Å². The predicted molar refractivity (Wildman–Crippen MR) is 84.2 cm³/mol. The predicted octanol–water partition coefficient (Wildman–Crippen LogP) is 0.317. The van der Waals surface area contributed by atoms with E-state index in [2.05, 4.69) is 10.2 Å². The number of hydrogen-bond donors (Lipinski definition) is 1. The molecule has 1 aliphatic rings. The van der Waals surface area contributed by atoms with E-state index >= 15 is 0 Å². The molecule has 2 rings (SSSR count). The van der Waals surface area contributed by atoms with E-state index in [4.69, 9.17) is 4.74 Å². The third-order valence-corrected chi connectivity index (χ3v) is 6.75. The lowest BCUT2D eigenvalue weighted by Gasteiger charge is -2.19. The van der Waals surface area contributed by atoms with Crippen LogP contribution in [0.15, 0.2) is 4.34 Å². The molecule has 0 aliphatic carbocycles. The standard InChI is InChI=1S/C12H20N4O5S2/c1-4-5-6-23(19,20)11-14-13-10(22-11)16-9(17)8(7-21-3)15(2)12(16)18/h8-9,17H,4-7H2,1-3H3. The first-order valence-electron chi connectivity index (χ1n) is 7.12. The molecule has 2 heterocycles. The van der Waals surface area contributed by atoms with E-state index in [-0.39, 0.29) is 21.8 Å². The second-order valence-corrected chi connectivity index (χ2v) is 8.46. The molecule has 130 valence electrons. The van der Waals surface area contributed by atoms with Crippen LogP contribution in [-0.4, -0.2) is 73.4 Å². The number of unbranched alkanes of at least 4 members (excludes halogenated alkanes) is 1. The largest absolute Gasteiger partial charge is 0.382 e.